The number of nitrogens with one attached hydrogen (secondary N) is 1. The molecule has 6 heteroatoms. The smallest absolute Gasteiger partial charge is 0.318 e. The van der Waals surface area contributed by atoms with Crippen molar-refractivity contribution >= 4 is 11.9 Å². The van der Waals surface area contributed by atoms with Crippen molar-refractivity contribution < 1.29 is 14.3 Å². The molecule has 3 N–H and O–H groups in total. The Kier molecular flexibility index (Phi) is 4.70. The van der Waals surface area contributed by atoms with Crippen molar-refractivity contribution in [3.8, 4) is 0 Å². The lowest BCUT2D eigenvalue weighted by atomic mass is 10.2. The van der Waals surface area contributed by atoms with Crippen LogP contribution in [0, 0.1) is 0 Å². The maximum atomic E-state index is 11.2. The van der Waals surface area contributed by atoms with Crippen LogP contribution in [0.1, 0.15) is 20.3 Å². The molecule has 0 spiro atoms. The number of amides is 3. The maximum Gasteiger partial charge on any atom is 0.318 e. The molecule has 0 radical (unpaired) electrons. The highest BCUT2D eigenvalue weighted by Crippen LogP contribution is 2.11. The Bertz CT molecular complexity index is 270. The SMILES string of the molecule is CC1CN(CCC(=O)NC(N)=O)C(C)CO1. The van der Waals surface area contributed by atoms with Gasteiger partial charge in [-0.3, -0.25) is 15.0 Å². The first-order valence-corrected chi connectivity index (χ1v) is 5.44. The van der Waals surface area contributed by atoms with E-state index >= 15 is 0 Å². The van der Waals surface area contributed by atoms with E-state index in [1.165, 1.54) is 0 Å². The van der Waals surface area contributed by atoms with Crippen LogP contribution in [0.25, 0.3) is 0 Å². The molecule has 6 nitrogen and oxygen atoms in total. The lowest BCUT2D eigenvalue weighted by Gasteiger charge is -2.36. The number of nitrogens with two attached hydrogens (primary N) is 1. The van der Waals surface area contributed by atoms with E-state index in [0.29, 0.717) is 19.2 Å². The first-order chi connectivity index (χ1) is 7.49. The van der Waals surface area contributed by atoms with E-state index < -0.39 is 6.03 Å². The first-order valence-electron chi connectivity index (χ1n) is 5.44. The Hall–Kier alpha value is -1.14. The first kappa shape index (κ1) is 12.9. The van der Waals surface area contributed by atoms with Crippen molar-refractivity contribution in [3.63, 3.8) is 0 Å². The van der Waals surface area contributed by atoms with Gasteiger partial charge < -0.3 is 10.5 Å². The summed E-state index contributed by atoms with van der Waals surface area (Å²) < 4.78 is 5.48. The number of imide groups is 1. The van der Waals surface area contributed by atoms with Gasteiger partial charge >= 0.3 is 6.03 Å². The molecule has 1 aliphatic heterocycles. The predicted molar refractivity (Wildman–Crippen MR) is 58.8 cm³/mol. The molecule has 0 aliphatic carbocycles. The number of primary amides is 1. The van der Waals surface area contributed by atoms with Crippen LogP contribution in [0.5, 0.6) is 0 Å². The number of urea groups is 1. The molecule has 1 fully saturated rings. The third-order valence-electron chi connectivity index (χ3n) is 2.63. The molecular formula is C10H19N3O3. The van der Waals surface area contributed by atoms with Gasteiger partial charge in [0.1, 0.15) is 0 Å². The molecule has 2 unspecified atom stereocenters. The second kappa shape index (κ2) is 5.81. The van der Waals surface area contributed by atoms with E-state index in [1.54, 1.807) is 0 Å². The van der Waals surface area contributed by atoms with E-state index in [0.717, 1.165) is 6.54 Å². The van der Waals surface area contributed by atoms with Crippen LogP contribution in [0.2, 0.25) is 0 Å². The van der Waals surface area contributed by atoms with Crippen LogP contribution in [0.15, 0.2) is 0 Å². The molecule has 0 aromatic heterocycles. The number of hydrogen-bond donors (Lipinski definition) is 2. The molecule has 0 saturated carbocycles. The van der Waals surface area contributed by atoms with Gasteiger partial charge in [-0.05, 0) is 13.8 Å². The second-order valence-corrected chi connectivity index (χ2v) is 4.15. The maximum absolute atomic E-state index is 11.2. The molecule has 3 amide bonds. The Morgan fingerprint density at radius 2 is 2.19 bits per heavy atom. The Morgan fingerprint density at radius 1 is 1.50 bits per heavy atom. The van der Waals surface area contributed by atoms with Gasteiger partial charge in [0.15, 0.2) is 0 Å². The van der Waals surface area contributed by atoms with E-state index in [1.807, 2.05) is 6.92 Å². The number of nitrogens with zero attached hydrogens (tertiary/aromatic N) is 1. The summed E-state index contributed by atoms with van der Waals surface area (Å²) in [5, 5.41) is 2.05. The second-order valence-electron chi connectivity index (χ2n) is 4.15. The van der Waals surface area contributed by atoms with Crippen molar-refractivity contribution in [1.82, 2.24) is 10.2 Å². The zero-order valence-corrected chi connectivity index (χ0v) is 9.73. The van der Waals surface area contributed by atoms with Crippen LogP contribution in [-0.2, 0) is 9.53 Å². The molecule has 2 atom stereocenters. The Labute approximate surface area is 95.1 Å². The summed E-state index contributed by atoms with van der Waals surface area (Å²) in [4.78, 5) is 23.8. The van der Waals surface area contributed by atoms with Gasteiger partial charge in [-0.1, -0.05) is 0 Å². The molecule has 1 heterocycles. The summed E-state index contributed by atoms with van der Waals surface area (Å²) in [6, 6.07) is -0.494. The van der Waals surface area contributed by atoms with Gasteiger partial charge in [0.25, 0.3) is 0 Å². The quantitative estimate of drug-likeness (QED) is 0.694. The summed E-state index contributed by atoms with van der Waals surface area (Å²) in [6.07, 6.45) is 0.468. The minimum atomic E-state index is -0.798. The summed E-state index contributed by atoms with van der Waals surface area (Å²) in [7, 11) is 0. The standard InChI is InChI=1S/C10H19N3O3/c1-7-6-16-8(2)5-13(7)4-3-9(14)12-10(11)15/h7-8H,3-6H2,1-2H3,(H3,11,12,14,15). The number of rotatable bonds is 3. The monoisotopic (exact) mass is 229 g/mol. The molecule has 0 aromatic carbocycles. The van der Waals surface area contributed by atoms with Crippen molar-refractivity contribution in [2.75, 3.05) is 19.7 Å². The predicted octanol–water partition coefficient (Wildman–Crippen LogP) is -0.319. The van der Waals surface area contributed by atoms with Crippen molar-refractivity contribution in [3.05, 3.63) is 0 Å². The van der Waals surface area contributed by atoms with Crippen LogP contribution < -0.4 is 11.1 Å². The van der Waals surface area contributed by atoms with Crippen molar-refractivity contribution in [1.29, 1.82) is 0 Å². The van der Waals surface area contributed by atoms with Gasteiger partial charge in [0, 0.05) is 25.6 Å². The van der Waals surface area contributed by atoms with Crippen LogP contribution in [-0.4, -0.2) is 48.7 Å². The normalized spacial score (nSPS) is 26.4. The summed E-state index contributed by atoms with van der Waals surface area (Å²) in [5.74, 6) is -0.334. The fraction of sp³-hybridized carbons (Fsp3) is 0.800. The number of hydrogen-bond acceptors (Lipinski definition) is 4. The minimum Gasteiger partial charge on any atom is -0.376 e. The Balaban J connectivity index is 2.30. The number of carbonyl (C=O) groups is 2. The van der Waals surface area contributed by atoms with E-state index in [4.69, 9.17) is 10.5 Å². The average Bonchev–Trinajstić information content (AvgIpc) is 2.18. The molecular weight excluding hydrogens is 210 g/mol. The topological polar surface area (TPSA) is 84.7 Å². The third kappa shape index (κ3) is 4.16. The number of morpholine rings is 1. The summed E-state index contributed by atoms with van der Waals surface area (Å²) in [5.41, 5.74) is 4.85. The zero-order valence-electron chi connectivity index (χ0n) is 9.73. The highest BCUT2D eigenvalue weighted by atomic mass is 16.5. The zero-order chi connectivity index (χ0) is 12.1. The molecule has 0 bridgehead atoms. The van der Waals surface area contributed by atoms with Gasteiger partial charge in [0.2, 0.25) is 5.91 Å². The number of ether oxygens (including phenoxy) is 1. The Morgan fingerprint density at radius 3 is 2.81 bits per heavy atom. The molecule has 0 aromatic rings. The highest BCUT2D eigenvalue weighted by Gasteiger charge is 2.23. The van der Waals surface area contributed by atoms with E-state index in [2.05, 4.69) is 17.1 Å². The van der Waals surface area contributed by atoms with E-state index in [9.17, 15) is 9.59 Å². The highest BCUT2D eigenvalue weighted by molar-refractivity contribution is 5.93. The summed E-state index contributed by atoms with van der Waals surface area (Å²) >= 11 is 0. The molecule has 92 valence electrons. The van der Waals surface area contributed by atoms with E-state index in [-0.39, 0.29) is 18.4 Å². The van der Waals surface area contributed by atoms with Crippen LogP contribution >= 0.6 is 0 Å². The average molecular weight is 229 g/mol. The lowest BCUT2D eigenvalue weighted by Crippen LogP contribution is -2.48. The molecule has 1 saturated heterocycles. The fourth-order valence-electron chi connectivity index (χ4n) is 1.73. The van der Waals surface area contributed by atoms with Gasteiger partial charge in [0.05, 0.1) is 12.7 Å². The van der Waals surface area contributed by atoms with Crippen molar-refractivity contribution in [2.24, 2.45) is 5.73 Å². The van der Waals surface area contributed by atoms with Crippen LogP contribution in [0.4, 0.5) is 4.79 Å². The third-order valence-corrected chi connectivity index (χ3v) is 2.63. The molecule has 16 heavy (non-hydrogen) atoms. The van der Waals surface area contributed by atoms with Crippen LogP contribution in [0.3, 0.4) is 0 Å². The van der Waals surface area contributed by atoms with Crippen molar-refractivity contribution in [2.45, 2.75) is 32.4 Å². The molecule has 1 rings (SSSR count). The summed E-state index contributed by atoms with van der Waals surface area (Å²) in [6.45, 7) is 6.16. The van der Waals surface area contributed by atoms with Gasteiger partial charge in [-0.25, -0.2) is 4.79 Å². The number of carbonyl (C=O) groups excluding carboxylic acids is 2. The lowest BCUT2D eigenvalue weighted by molar-refractivity contribution is -0.121. The van der Waals surface area contributed by atoms with Gasteiger partial charge in [-0.15, -0.1) is 0 Å². The fourth-order valence-corrected chi connectivity index (χ4v) is 1.73. The largest absolute Gasteiger partial charge is 0.376 e. The minimum absolute atomic E-state index is 0.190. The molecule has 1 aliphatic rings. The van der Waals surface area contributed by atoms with Gasteiger partial charge in [-0.2, -0.15) is 0 Å².